The van der Waals surface area contributed by atoms with Crippen LogP contribution in [0.25, 0.3) is 0 Å². The zero-order valence-electron chi connectivity index (χ0n) is 12.2. The Hall–Kier alpha value is -0.610. The van der Waals surface area contributed by atoms with E-state index < -0.39 is 12.0 Å². The minimum Gasteiger partial charge on any atom is -0.480 e. The highest BCUT2D eigenvalue weighted by Crippen LogP contribution is 2.34. The first-order valence-electron chi connectivity index (χ1n) is 6.97. The molecule has 1 aliphatic heterocycles. The number of piperidine rings is 1. The fourth-order valence-electron chi connectivity index (χ4n) is 2.73. The monoisotopic (exact) mass is 256 g/mol. The number of aliphatic carboxylic acids is 1. The van der Waals surface area contributed by atoms with Gasteiger partial charge in [-0.15, -0.1) is 0 Å². The molecule has 106 valence electrons. The molecule has 0 aromatic heterocycles. The van der Waals surface area contributed by atoms with Crippen LogP contribution in [-0.4, -0.2) is 48.7 Å². The number of likely N-dealkylation sites (N-methyl/N-ethyl adjacent to an activating group) is 1. The van der Waals surface area contributed by atoms with Crippen molar-refractivity contribution < 1.29 is 9.90 Å². The van der Waals surface area contributed by atoms with Gasteiger partial charge in [0.15, 0.2) is 0 Å². The lowest BCUT2D eigenvalue weighted by molar-refractivity contribution is -0.139. The average Bonchev–Trinajstić information content (AvgIpc) is 2.29. The van der Waals surface area contributed by atoms with Crippen LogP contribution >= 0.6 is 0 Å². The summed E-state index contributed by atoms with van der Waals surface area (Å²) in [7, 11) is 1.71. The van der Waals surface area contributed by atoms with Gasteiger partial charge >= 0.3 is 5.97 Å². The topological polar surface area (TPSA) is 52.6 Å². The van der Waals surface area contributed by atoms with E-state index in [1.54, 1.807) is 7.05 Å². The molecular formula is C14H28N2O2. The van der Waals surface area contributed by atoms with Gasteiger partial charge < -0.3 is 15.3 Å². The van der Waals surface area contributed by atoms with Gasteiger partial charge in [-0.25, -0.2) is 0 Å². The maximum absolute atomic E-state index is 10.9. The van der Waals surface area contributed by atoms with Gasteiger partial charge in [-0.05, 0) is 50.7 Å². The fourth-order valence-corrected chi connectivity index (χ4v) is 2.73. The summed E-state index contributed by atoms with van der Waals surface area (Å²) in [6.45, 7) is 10.0. The molecule has 1 unspecified atom stereocenters. The maximum Gasteiger partial charge on any atom is 0.320 e. The summed E-state index contributed by atoms with van der Waals surface area (Å²) in [4.78, 5) is 13.3. The van der Waals surface area contributed by atoms with E-state index >= 15 is 0 Å². The van der Waals surface area contributed by atoms with Crippen molar-refractivity contribution >= 4 is 5.97 Å². The van der Waals surface area contributed by atoms with Crippen molar-refractivity contribution in [3.63, 3.8) is 0 Å². The lowest BCUT2D eigenvalue weighted by Crippen LogP contribution is -2.42. The average molecular weight is 256 g/mol. The molecule has 0 spiro atoms. The van der Waals surface area contributed by atoms with Gasteiger partial charge in [0.05, 0.1) is 0 Å². The van der Waals surface area contributed by atoms with Crippen LogP contribution in [0.4, 0.5) is 0 Å². The van der Waals surface area contributed by atoms with Gasteiger partial charge in [-0.1, -0.05) is 20.8 Å². The SMILES string of the molecule is CNC(CCN1CCC(C(C)(C)C)CC1)C(=O)O. The first-order valence-corrected chi connectivity index (χ1v) is 6.97. The van der Waals surface area contributed by atoms with Crippen LogP contribution in [0.5, 0.6) is 0 Å². The van der Waals surface area contributed by atoms with Crippen LogP contribution in [0.15, 0.2) is 0 Å². The third-order valence-electron chi connectivity index (χ3n) is 4.19. The Morgan fingerprint density at radius 2 is 1.94 bits per heavy atom. The fraction of sp³-hybridized carbons (Fsp3) is 0.929. The van der Waals surface area contributed by atoms with Crippen LogP contribution in [0.3, 0.4) is 0 Å². The van der Waals surface area contributed by atoms with E-state index in [1.165, 1.54) is 12.8 Å². The minimum atomic E-state index is -0.748. The Bertz CT molecular complexity index is 265. The molecule has 0 bridgehead atoms. The van der Waals surface area contributed by atoms with Gasteiger partial charge in [0.25, 0.3) is 0 Å². The Kier molecular flexibility index (Phi) is 5.60. The molecule has 0 saturated carbocycles. The summed E-state index contributed by atoms with van der Waals surface area (Å²) in [6.07, 6.45) is 3.16. The smallest absolute Gasteiger partial charge is 0.320 e. The Balaban J connectivity index is 2.30. The standard InChI is InChI=1S/C14H28N2O2/c1-14(2,3)11-5-8-16(9-6-11)10-7-12(15-4)13(17)18/h11-12,15H,5-10H2,1-4H3,(H,17,18). The van der Waals surface area contributed by atoms with Crippen molar-refractivity contribution in [1.82, 2.24) is 10.2 Å². The van der Waals surface area contributed by atoms with Crippen molar-refractivity contribution in [1.29, 1.82) is 0 Å². The highest BCUT2D eigenvalue weighted by Gasteiger charge is 2.29. The normalized spacial score (nSPS) is 20.9. The largest absolute Gasteiger partial charge is 0.480 e. The molecule has 0 radical (unpaired) electrons. The highest BCUT2D eigenvalue weighted by molar-refractivity contribution is 5.73. The summed E-state index contributed by atoms with van der Waals surface area (Å²) in [5.41, 5.74) is 0.403. The zero-order valence-corrected chi connectivity index (χ0v) is 12.2. The second-order valence-corrected chi connectivity index (χ2v) is 6.45. The van der Waals surface area contributed by atoms with Gasteiger partial charge in [0.2, 0.25) is 0 Å². The first-order chi connectivity index (χ1) is 8.34. The van der Waals surface area contributed by atoms with E-state index in [1.807, 2.05) is 0 Å². The molecular weight excluding hydrogens is 228 g/mol. The number of carbonyl (C=O) groups is 1. The van der Waals surface area contributed by atoms with E-state index in [-0.39, 0.29) is 0 Å². The second-order valence-electron chi connectivity index (χ2n) is 6.45. The summed E-state index contributed by atoms with van der Waals surface area (Å²) in [6, 6.07) is -0.412. The minimum absolute atomic E-state index is 0.403. The molecule has 2 N–H and O–H groups in total. The summed E-state index contributed by atoms with van der Waals surface area (Å²) >= 11 is 0. The molecule has 1 heterocycles. The van der Waals surface area contributed by atoms with Crippen LogP contribution in [-0.2, 0) is 4.79 Å². The first kappa shape index (κ1) is 15.4. The number of carboxylic acid groups (broad SMARTS) is 1. The number of likely N-dealkylation sites (tertiary alicyclic amines) is 1. The maximum atomic E-state index is 10.9. The van der Waals surface area contributed by atoms with Crippen LogP contribution < -0.4 is 5.32 Å². The molecule has 18 heavy (non-hydrogen) atoms. The van der Waals surface area contributed by atoms with Gasteiger partial charge in [-0.3, -0.25) is 4.79 Å². The predicted molar refractivity (Wildman–Crippen MR) is 73.7 cm³/mol. The lowest BCUT2D eigenvalue weighted by atomic mass is 9.75. The Morgan fingerprint density at radius 1 is 1.39 bits per heavy atom. The van der Waals surface area contributed by atoms with Crippen molar-refractivity contribution in [2.45, 2.75) is 46.1 Å². The van der Waals surface area contributed by atoms with E-state index in [2.05, 4.69) is 31.0 Å². The molecule has 0 aromatic carbocycles. The summed E-state index contributed by atoms with van der Waals surface area (Å²) in [5.74, 6) is 0.0513. The third-order valence-corrected chi connectivity index (χ3v) is 4.19. The number of hydrogen-bond acceptors (Lipinski definition) is 3. The second kappa shape index (κ2) is 6.53. The van der Waals surface area contributed by atoms with E-state index in [4.69, 9.17) is 5.11 Å². The quantitative estimate of drug-likeness (QED) is 0.787. The molecule has 1 saturated heterocycles. The summed E-state index contributed by atoms with van der Waals surface area (Å²) in [5, 5.41) is 11.8. The molecule has 1 aliphatic rings. The van der Waals surface area contributed by atoms with Crippen molar-refractivity contribution in [3.05, 3.63) is 0 Å². The van der Waals surface area contributed by atoms with Crippen LogP contribution in [0, 0.1) is 11.3 Å². The molecule has 0 amide bonds. The number of nitrogens with one attached hydrogen (secondary N) is 1. The molecule has 1 fully saturated rings. The summed E-state index contributed by atoms with van der Waals surface area (Å²) < 4.78 is 0. The highest BCUT2D eigenvalue weighted by atomic mass is 16.4. The van der Waals surface area contributed by atoms with Crippen molar-refractivity contribution in [2.24, 2.45) is 11.3 Å². The van der Waals surface area contributed by atoms with E-state index in [9.17, 15) is 4.79 Å². The molecule has 1 rings (SSSR count). The third kappa shape index (κ3) is 4.58. The Labute approximate surface area is 111 Å². The van der Waals surface area contributed by atoms with Crippen LogP contribution in [0.1, 0.15) is 40.0 Å². The molecule has 1 atom stereocenters. The number of nitrogens with zero attached hydrogens (tertiary/aromatic N) is 1. The van der Waals surface area contributed by atoms with Gasteiger partial charge in [0.1, 0.15) is 6.04 Å². The van der Waals surface area contributed by atoms with Crippen molar-refractivity contribution in [2.75, 3.05) is 26.7 Å². The van der Waals surface area contributed by atoms with Gasteiger partial charge in [-0.2, -0.15) is 0 Å². The number of rotatable bonds is 5. The van der Waals surface area contributed by atoms with Crippen molar-refractivity contribution in [3.8, 4) is 0 Å². The number of hydrogen-bond donors (Lipinski definition) is 2. The predicted octanol–water partition coefficient (Wildman–Crippen LogP) is 1.81. The molecule has 4 heteroatoms. The van der Waals surface area contributed by atoms with Crippen LogP contribution in [0.2, 0.25) is 0 Å². The lowest BCUT2D eigenvalue weighted by Gasteiger charge is -2.39. The van der Waals surface area contributed by atoms with E-state index in [0.717, 1.165) is 25.6 Å². The zero-order chi connectivity index (χ0) is 13.8. The molecule has 4 nitrogen and oxygen atoms in total. The van der Waals surface area contributed by atoms with Gasteiger partial charge in [0, 0.05) is 6.54 Å². The molecule has 0 aromatic rings. The molecule has 0 aliphatic carbocycles. The Morgan fingerprint density at radius 3 is 2.33 bits per heavy atom. The van der Waals surface area contributed by atoms with E-state index in [0.29, 0.717) is 11.8 Å². The number of carboxylic acids is 1.